The summed E-state index contributed by atoms with van der Waals surface area (Å²) >= 11 is 0. The predicted octanol–water partition coefficient (Wildman–Crippen LogP) is 1.96. The number of carbonyl (C=O) groups excluding carboxylic acids is 2. The first-order chi connectivity index (χ1) is 13.2. The Kier molecular flexibility index (Phi) is 6.79. The molecule has 0 spiro atoms. The highest BCUT2D eigenvalue weighted by molar-refractivity contribution is 7.89. The van der Waals surface area contributed by atoms with Crippen LogP contribution in [-0.4, -0.2) is 25.2 Å². The lowest BCUT2D eigenvalue weighted by Crippen LogP contribution is -2.41. The first-order valence-corrected chi connectivity index (χ1v) is 9.68. The number of nitro groups is 1. The Morgan fingerprint density at radius 1 is 1.07 bits per heavy atom. The summed E-state index contributed by atoms with van der Waals surface area (Å²) in [5.41, 5.74) is 2.00. The van der Waals surface area contributed by atoms with Crippen LogP contribution in [0, 0.1) is 10.1 Å². The third-order valence-electron chi connectivity index (χ3n) is 3.56. The molecule has 0 fully saturated rings. The van der Waals surface area contributed by atoms with E-state index in [-0.39, 0.29) is 11.5 Å². The minimum atomic E-state index is -4.35. The van der Waals surface area contributed by atoms with Gasteiger partial charge in [-0.2, -0.15) is 0 Å². The van der Waals surface area contributed by atoms with Crippen molar-refractivity contribution in [3.63, 3.8) is 0 Å². The minimum absolute atomic E-state index is 0.124. The molecule has 0 unspecified atom stereocenters. The number of hydrazine groups is 1. The van der Waals surface area contributed by atoms with Gasteiger partial charge < -0.3 is 5.32 Å². The molecule has 0 aliphatic heterocycles. The van der Waals surface area contributed by atoms with Crippen LogP contribution in [0.25, 0.3) is 0 Å². The number of hydrogen-bond acceptors (Lipinski definition) is 6. The molecular weight excluding hydrogens is 388 g/mol. The number of nitro benzene ring substituents is 1. The van der Waals surface area contributed by atoms with Crippen molar-refractivity contribution in [2.75, 3.05) is 5.32 Å². The second-order valence-electron chi connectivity index (χ2n) is 5.66. The van der Waals surface area contributed by atoms with Crippen molar-refractivity contribution in [1.29, 1.82) is 0 Å². The van der Waals surface area contributed by atoms with Crippen LogP contribution in [0.3, 0.4) is 0 Å². The zero-order valence-corrected chi connectivity index (χ0v) is 15.7. The van der Waals surface area contributed by atoms with Gasteiger partial charge in [0.2, 0.25) is 5.91 Å². The summed E-state index contributed by atoms with van der Waals surface area (Å²) in [5, 5.41) is 13.6. The monoisotopic (exact) mass is 406 g/mol. The maximum absolute atomic E-state index is 12.3. The second-order valence-corrected chi connectivity index (χ2v) is 7.31. The third-order valence-corrected chi connectivity index (χ3v) is 4.85. The van der Waals surface area contributed by atoms with E-state index in [1.54, 1.807) is 0 Å². The van der Waals surface area contributed by atoms with E-state index in [1.807, 2.05) is 17.2 Å². The lowest BCUT2D eigenvalue weighted by molar-refractivity contribution is -0.387. The maximum Gasteiger partial charge on any atom is 0.289 e. The van der Waals surface area contributed by atoms with Crippen LogP contribution in [0.5, 0.6) is 0 Å². The van der Waals surface area contributed by atoms with Crippen molar-refractivity contribution in [3.8, 4) is 0 Å². The van der Waals surface area contributed by atoms with Crippen molar-refractivity contribution in [2.45, 2.75) is 24.7 Å². The second kappa shape index (κ2) is 9.06. The van der Waals surface area contributed by atoms with Gasteiger partial charge in [0.1, 0.15) is 0 Å². The molecule has 0 radical (unpaired) electrons. The molecule has 11 heteroatoms. The van der Waals surface area contributed by atoms with Gasteiger partial charge in [0.05, 0.1) is 4.92 Å². The van der Waals surface area contributed by atoms with Gasteiger partial charge in [-0.3, -0.25) is 25.1 Å². The molecule has 2 aromatic rings. The van der Waals surface area contributed by atoms with Crippen LogP contribution in [0.15, 0.2) is 53.4 Å². The molecule has 0 saturated heterocycles. The van der Waals surface area contributed by atoms with Gasteiger partial charge in [0.15, 0.2) is 4.90 Å². The molecule has 2 aromatic carbocycles. The van der Waals surface area contributed by atoms with Crippen molar-refractivity contribution in [3.05, 3.63) is 64.2 Å². The molecule has 0 aliphatic carbocycles. The van der Waals surface area contributed by atoms with Gasteiger partial charge in [-0.15, -0.1) is 4.83 Å². The van der Waals surface area contributed by atoms with E-state index in [2.05, 4.69) is 5.32 Å². The Morgan fingerprint density at radius 3 is 2.32 bits per heavy atom. The Bertz CT molecular complexity index is 989. The summed E-state index contributed by atoms with van der Waals surface area (Å²) in [6.45, 7) is 1.87. The fourth-order valence-corrected chi connectivity index (χ4v) is 3.24. The fraction of sp³-hybridized carbons (Fsp3) is 0.176. The molecule has 3 N–H and O–H groups in total. The zero-order valence-electron chi connectivity index (χ0n) is 14.8. The van der Waals surface area contributed by atoms with Crippen molar-refractivity contribution < 1.29 is 22.9 Å². The molecule has 2 rings (SSSR count). The summed E-state index contributed by atoms with van der Waals surface area (Å²) in [5.74, 6) is -0.925. The van der Waals surface area contributed by atoms with E-state index in [0.29, 0.717) is 18.5 Å². The zero-order chi connectivity index (χ0) is 20.7. The van der Waals surface area contributed by atoms with E-state index in [1.165, 1.54) is 36.4 Å². The number of sulfonamides is 1. The lowest BCUT2D eigenvalue weighted by Gasteiger charge is -2.09. The first-order valence-electron chi connectivity index (χ1n) is 8.20. The average molecular weight is 406 g/mol. The number of nitrogens with one attached hydrogen (secondary N) is 3. The highest BCUT2D eigenvalue weighted by atomic mass is 32.2. The number of hydrogen-bond donors (Lipinski definition) is 3. The topological polar surface area (TPSA) is 148 Å². The number of anilines is 1. The molecule has 28 heavy (non-hydrogen) atoms. The Morgan fingerprint density at radius 2 is 1.71 bits per heavy atom. The standard InChI is InChI=1S/C17H18N4O6S/c1-2-5-16(22)18-13-10-8-12(9-11-13)17(23)19-20-28(26,27)15-7-4-3-6-14(15)21(24)25/h3-4,6-11,20H,2,5H2,1H3,(H,18,22)(H,19,23). The number of rotatable bonds is 8. The van der Waals surface area contributed by atoms with Crippen LogP contribution in [0.1, 0.15) is 30.1 Å². The molecular formula is C17H18N4O6S. The summed E-state index contributed by atoms with van der Waals surface area (Å²) in [6.07, 6.45) is 1.07. The minimum Gasteiger partial charge on any atom is -0.326 e. The highest BCUT2D eigenvalue weighted by Gasteiger charge is 2.25. The molecule has 0 aliphatic rings. The Balaban J connectivity index is 2.05. The van der Waals surface area contributed by atoms with Crippen LogP contribution in [-0.2, 0) is 14.8 Å². The Labute approximate surface area is 161 Å². The summed E-state index contributed by atoms with van der Waals surface area (Å²) in [6, 6.07) is 10.6. The fourth-order valence-electron chi connectivity index (χ4n) is 2.23. The Hall–Kier alpha value is -3.31. The molecule has 10 nitrogen and oxygen atoms in total. The molecule has 148 valence electrons. The number of carbonyl (C=O) groups is 2. The number of benzene rings is 2. The van der Waals surface area contributed by atoms with Gasteiger partial charge in [-0.25, -0.2) is 8.42 Å². The quantitative estimate of drug-likeness (QED) is 0.451. The first kappa shape index (κ1) is 21.0. The number of para-hydroxylation sites is 1. The average Bonchev–Trinajstić information content (AvgIpc) is 2.67. The van der Waals surface area contributed by atoms with Gasteiger partial charge >= 0.3 is 0 Å². The van der Waals surface area contributed by atoms with Gasteiger partial charge in [-0.1, -0.05) is 19.1 Å². The predicted molar refractivity (Wildman–Crippen MR) is 101 cm³/mol. The molecule has 0 aromatic heterocycles. The summed E-state index contributed by atoms with van der Waals surface area (Å²) in [4.78, 5) is 35.1. The van der Waals surface area contributed by atoms with Gasteiger partial charge in [-0.05, 0) is 36.8 Å². The third kappa shape index (κ3) is 5.34. The van der Waals surface area contributed by atoms with Crippen molar-refractivity contribution in [2.24, 2.45) is 0 Å². The largest absolute Gasteiger partial charge is 0.326 e. The molecule has 2 amide bonds. The normalized spacial score (nSPS) is 10.9. The number of amides is 2. The van der Waals surface area contributed by atoms with Crippen LogP contribution >= 0.6 is 0 Å². The highest BCUT2D eigenvalue weighted by Crippen LogP contribution is 2.22. The molecule has 0 heterocycles. The van der Waals surface area contributed by atoms with Crippen molar-refractivity contribution >= 4 is 33.2 Å². The van der Waals surface area contributed by atoms with E-state index >= 15 is 0 Å². The van der Waals surface area contributed by atoms with Crippen LogP contribution in [0.2, 0.25) is 0 Å². The lowest BCUT2D eigenvalue weighted by atomic mass is 10.2. The smallest absolute Gasteiger partial charge is 0.289 e. The SMILES string of the molecule is CCCC(=O)Nc1ccc(C(=O)NNS(=O)(=O)c2ccccc2[N+](=O)[O-])cc1. The van der Waals surface area contributed by atoms with Crippen molar-refractivity contribution in [1.82, 2.24) is 10.3 Å². The summed E-state index contributed by atoms with van der Waals surface area (Å²) in [7, 11) is -4.35. The van der Waals surface area contributed by atoms with Gasteiger partial charge in [0, 0.05) is 23.7 Å². The number of nitrogens with zero attached hydrogens (tertiary/aromatic N) is 1. The van der Waals surface area contributed by atoms with Crippen LogP contribution < -0.4 is 15.6 Å². The maximum atomic E-state index is 12.3. The van der Waals surface area contributed by atoms with E-state index in [9.17, 15) is 28.1 Å². The molecule has 0 saturated carbocycles. The molecule has 0 atom stereocenters. The molecule has 0 bridgehead atoms. The van der Waals surface area contributed by atoms with E-state index < -0.39 is 31.4 Å². The summed E-state index contributed by atoms with van der Waals surface area (Å²) < 4.78 is 24.5. The van der Waals surface area contributed by atoms with Gasteiger partial charge in [0.25, 0.3) is 21.6 Å². The van der Waals surface area contributed by atoms with E-state index in [0.717, 1.165) is 12.1 Å². The van der Waals surface area contributed by atoms with E-state index in [4.69, 9.17) is 0 Å². The van der Waals surface area contributed by atoms with Crippen LogP contribution in [0.4, 0.5) is 11.4 Å².